The predicted molar refractivity (Wildman–Crippen MR) is 104 cm³/mol. The van der Waals surface area contributed by atoms with Crippen LogP contribution in [0.15, 0.2) is 45.3 Å². The van der Waals surface area contributed by atoms with Gasteiger partial charge in [-0.25, -0.2) is 0 Å². The molecule has 0 aliphatic carbocycles. The molecule has 0 heterocycles. The average molecular weight is 470 g/mol. The highest BCUT2D eigenvalue weighted by Crippen LogP contribution is 2.23. The van der Waals surface area contributed by atoms with E-state index in [9.17, 15) is 9.59 Å². The van der Waals surface area contributed by atoms with Gasteiger partial charge < -0.3 is 4.74 Å². The Hall–Kier alpha value is -1.86. The number of benzene rings is 2. The summed E-state index contributed by atoms with van der Waals surface area (Å²) in [6, 6.07) is 10.4. The third-order valence-corrected chi connectivity index (χ3v) is 4.72. The van der Waals surface area contributed by atoms with Gasteiger partial charge in [-0.05, 0) is 49.2 Å². The van der Waals surface area contributed by atoms with Gasteiger partial charge in [0.1, 0.15) is 5.75 Å². The zero-order valence-electron chi connectivity index (χ0n) is 13.9. The van der Waals surface area contributed by atoms with E-state index in [0.717, 1.165) is 20.9 Å². The summed E-state index contributed by atoms with van der Waals surface area (Å²) in [5.41, 5.74) is 6.64. The molecule has 2 rings (SSSR count). The number of halogens is 2. The Morgan fingerprint density at radius 3 is 2.44 bits per heavy atom. The SMILES string of the molecule is CCCOc1ccc(Br)cc1C(=O)NNC(=O)c1ccc(C)c(Br)c1. The third-order valence-electron chi connectivity index (χ3n) is 3.37. The highest BCUT2D eigenvalue weighted by atomic mass is 79.9. The lowest BCUT2D eigenvalue weighted by atomic mass is 10.1. The first-order valence-electron chi connectivity index (χ1n) is 7.71. The first-order chi connectivity index (χ1) is 11.9. The van der Waals surface area contributed by atoms with E-state index in [1.165, 1.54) is 0 Å². The van der Waals surface area contributed by atoms with E-state index in [0.29, 0.717) is 23.5 Å². The van der Waals surface area contributed by atoms with Crippen molar-refractivity contribution in [3.05, 3.63) is 62.0 Å². The van der Waals surface area contributed by atoms with E-state index >= 15 is 0 Å². The second kappa shape index (κ2) is 9.01. The zero-order valence-corrected chi connectivity index (χ0v) is 17.0. The molecule has 0 aliphatic rings. The third kappa shape index (κ3) is 5.31. The van der Waals surface area contributed by atoms with E-state index in [1.54, 1.807) is 30.3 Å². The van der Waals surface area contributed by atoms with Gasteiger partial charge in [0.15, 0.2) is 0 Å². The number of carbonyl (C=O) groups excluding carboxylic acids is 2. The summed E-state index contributed by atoms with van der Waals surface area (Å²) in [6.45, 7) is 4.42. The molecule has 5 nitrogen and oxygen atoms in total. The largest absolute Gasteiger partial charge is 0.493 e. The van der Waals surface area contributed by atoms with Gasteiger partial charge in [-0.3, -0.25) is 20.4 Å². The van der Waals surface area contributed by atoms with Gasteiger partial charge in [0.05, 0.1) is 12.2 Å². The van der Waals surface area contributed by atoms with E-state index in [-0.39, 0.29) is 0 Å². The van der Waals surface area contributed by atoms with Crippen LogP contribution in [0.4, 0.5) is 0 Å². The lowest BCUT2D eigenvalue weighted by Gasteiger charge is -2.12. The van der Waals surface area contributed by atoms with E-state index in [4.69, 9.17) is 4.74 Å². The molecule has 0 spiro atoms. The van der Waals surface area contributed by atoms with Gasteiger partial charge in [-0.2, -0.15) is 0 Å². The molecule has 0 aromatic heterocycles. The summed E-state index contributed by atoms with van der Waals surface area (Å²) in [5, 5.41) is 0. The molecule has 0 atom stereocenters. The fraction of sp³-hybridized carbons (Fsp3) is 0.222. The highest BCUT2D eigenvalue weighted by Gasteiger charge is 2.15. The van der Waals surface area contributed by atoms with Gasteiger partial charge in [-0.1, -0.05) is 44.8 Å². The van der Waals surface area contributed by atoms with Crippen molar-refractivity contribution in [3.8, 4) is 5.75 Å². The van der Waals surface area contributed by atoms with Crippen molar-refractivity contribution in [2.45, 2.75) is 20.3 Å². The lowest BCUT2D eigenvalue weighted by Crippen LogP contribution is -2.41. The number of hydrogen-bond acceptors (Lipinski definition) is 3. The average Bonchev–Trinajstić information content (AvgIpc) is 2.60. The van der Waals surface area contributed by atoms with Crippen molar-refractivity contribution in [2.24, 2.45) is 0 Å². The van der Waals surface area contributed by atoms with Crippen LogP contribution in [0.25, 0.3) is 0 Å². The minimum absolute atomic E-state index is 0.341. The van der Waals surface area contributed by atoms with Crippen LogP contribution in [-0.4, -0.2) is 18.4 Å². The monoisotopic (exact) mass is 468 g/mol. The second-order valence-corrected chi connectivity index (χ2v) is 7.13. The van der Waals surface area contributed by atoms with Crippen molar-refractivity contribution in [1.29, 1.82) is 0 Å². The van der Waals surface area contributed by atoms with Gasteiger partial charge in [0.25, 0.3) is 11.8 Å². The van der Waals surface area contributed by atoms with Crippen molar-refractivity contribution in [3.63, 3.8) is 0 Å². The summed E-state index contributed by atoms with van der Waals surface area (Å²) < 4.78 is 7.16. The van der Waals surface area contributed by atoms with Gasteiger partial charge in [-0.15, -0.1) is 0 Å². The molecule has 132 valence electrons. The molecule has 2 N–H and O–H groups in total. The van der Waals surface area contributed by atoms with Crippen LogP contribution in [-0.2, 0) is 0 Å². The predicted octanol–water partition coefficient (Wildman–Crippen LogP) is 4.38. The summed E-state index contributed by atoms with van der Waals surface area (Å²) in [7, 11) is 0. The van der Waals surface area contributed by atoms with Crippen molar-refractivity contribution in [2.75, 3.05) is 6.61 Å². The molecule has 7 heteroatoms. The number of hydrazine groups is 1. The van der Waals surface area contributed by atoms with Crippen LogP contribution in [0.3, 0.4) is 0 Å². The number of hydrogen-bond donors (Lipinski definition) is 2. The van der Waals surface area contributed by atoms with E-state index in [1.807, 2.05) is 19.9 Å². The van der Waals surface area contributed by atoms with Crippen molar-refractivity contribution in [1.82, 2.24) is 10.9 Å². The number of nitrogens with one attached hydrogen (secondary N) is 2. The number of rotatable bonds is 5. The maximum absolute atomic E-state index is 12.4. The summed E-state index contributed by atoms with van der Waals surface area (Å²) in [5.74, 6) is -0.387. The normalized spacial score (nSPS) is 10.2. The Balaban J connectivity index is 2.07. The molecule has 0 saturated carbocycles. The van der Waals surface area contributed by atoms with Crippen molar-refractivity contribution >= 4 is 43.7 Å². The van der Waals surface area contributed by atoms with Gasteiger partial charge in [0.2, 0.25) is 0 Å². The molecule has 0 aliphatic heterocycles. The van der Waals surface area contributed by atoms with Crippen LogP contribution >= 0.6 is 31.9 Å². The van der Waals surface area contributed by atoms with E-state index < -0.39 is 11.8 Å². The molecular formula is C18H18Br2N2O3. The summed E-state index contributed by atoms with van der Waals surface area (Å²) in [4.78, 5) is 24.6. The Labute approximate surface area is 163 Å². The molecule has 2 aromatic rings. The number of amides is 2. The minimum Gasteiger partial charge on any atom is -0.493 e. The number of carbonyl (C=O) groups is 2. The smallest absolute Gasteiger partial charge is 0.273 e. The van der Waals surface area contributed by atoms with Crippen LogP contribution in [0.2, 0.25) is 0 Å². The Kier molecular flexibility index (Phi) is 7.01. The van der Waals surface area contributed by atoms with Crippen LogP contribution in [0, 0.1) is 6.92 Å². The molecule has 25 heavy (non-hydrogen) atoms. The van der Waals surface area contributed by atoms with Gasteiger partial charge >= 0.3 is 0 Å². The second-order valence-electron chi connectivity index (χ2n) is 5.36. The summed E-state index contributed by atoms with van der Waals surface area (Å²) >= 11 is 6.72. The van der Waals surface area contributed by atoms with E-state index in [2.05, 4.69) is 42.7 Å². The zero-order chi connectivity index (χ0) is 18.4. The van der Waals surface area contributed by atoms with Crippen molar-refractivity contribution < 1.29 is 14.3 Å². The summed E-state index contributed by atoms with van der Waals surface area (Å²) in [6.07, 6.45) is 0.830. The molecule has 0 radical (unpaired) electrons. The highest BCUT2D eigenvalue weighted by molar-refractivity contribution is 9.10. The topological polar surface area (TPSA) is 67.4 Å². The quantitative estimate of drug-likeness (QED) is 0.638. The molecule has 0 unspecified atom stereocenters. The minimum atomic E-state index is -0.452. The van der Waals surface area contributed by atoms with Crippen LogP contribution < -0.4 is 15.6 Å². The molecule has 2 amide bonds. The molecule has 0 bridgehead atoms. The number of aryl methyl sites for hydroxylation is 1. The fourth-order valence-corrected chi connectivity index (χ4v) is 2.74. The number of ether oxygens (including phenoxy) is 1. The Morgan fingerprint density at radius 1 is 1.04 bits per heavy atom. The van der Waals surface area contributed by atoms with Crippen LogP contribution in [0.5, 0.6) is 5.75 Å². The lowest BCUT2D eigenvalue weighted by molar-refractivity contribution is 0.0844. The fourth-order valence-electron chi connectivity index (χ4n) is 2.00. The molecule has 0 fully saturated rings. The van der Waals surface area contributed by atoms with Crippen LogP contribution in [0.1, 0.15) is 39.6 Å². The van der Waals surface area contributed by atoms with Gasteiger partial charge in [0, 0.05) is 14.5 Å². The maximum Gasteiger partial charge on any atom is 0.273 e. The standard InChI is InChI=1S/C18H18Br2N2O3/c1-3-8-25-16-7-6-13(19)10-14(16)18(24)22-21-17(23)12-5-4-11(2)15(20)9-12/h4-7,9-10H,3,8H2,1-2H3,(H,21,23)(H,22,24). The first-order valence-corrected chi connectivity index (χ1v) is 9.30. The Bertz CT molecular complexity index is 794. The maximum atomic E-state index is 12.4. The molecule has 0 saturated heterocycles. The first kappa shape index (κ1) is 19.5. The Morgan fingerprint density at radius 2 is 1.76 bits per heavy atom. The molecular weight excluding hydrogens is 452 g/mol. The molecule has 2 aromatic carbocycles.